The first-order valence-electron chi connectivity index (χ1n) is 7.00. The fourth-order valence-corrected chi connectivity index (χ4v) is 1.78. The van der Waals surface area contributed by atoms with Crippen molar-refractivity contribution in [3.05, 3.63) is 17.5 Å². The second kappa shape index (κ2) is 7.90. The summed E-state index contributed by atoms with van der Waals surface area (Å²) in [5.74, 6) is 0.517. The van der Waals surface area contributed by atoms with E-state index in [1.165, 1.54) is 13.2 Å². The summed E-state index contributed by atoms with van der Waals surface area (Å²) in [7, 11) is 1.47. The number of guanidine groups is 1. The number of aryl methyl sites for hydroxylation is 1. The summed E-state index contributed by atoms with van der Waals surface area (Å²) in [6.45, 7) is 5.29. The number of unbranched alkanes of at least 4 members (excludes halogenated alkanes) is 1. The summed E-state index contributed by atoms with van der Waals surface area (Å²) >= 11 is 0. The van der Waals surface area contributed by atoms with Crippen LogP contribution in [0, 0.1) is 0 Å². The molecule has 21 heavy (non-hydrogen) atoms. The summed E-state index contributed by atoms with van der Waals surface area (Å²) in [5, 5.41) is 9.56. The molecule has 0 aliphatic carbocycles. The topological polar surface area (TPSA) is 54.2 Å². The zero-order chi connectivity index (χ0) is 15.9. The summed E-state index contributed by atoms with van der Waals surface area (Å²) in [4.78, 5) is 4.18. The number of halogens is 3. The average molecular weight is 305 g/mol. The molecule has 0 aliphatic heterocycles. The monoisotopic (exact) mass is 305 g/mol. The molecule has 1 aromatic heterocycles. The van der Waals surface area contributed by atoms with Gasteiger partial charge >= 0.3 is 6.18 Å². The molecule has 0 aromatic carbocycles. The molecule has 0 fully saturated rings. The Morgan fingerprint density at radius 2 is 2.05 bits per heavy atom. The Labute approximate surface area is 122 Å². The van der Waals surface area contributed by atoms with Crippen LogP contribution in [-0.2, 0) is 19.8 Å². The van der Waals surface area contributed by atoms with Gasteiger partial charge in [0.25, 0.3) is 0 Å². The van der Waals surface area contributed by atoms with Gasteiger partial charge in [0.05, 0.1) is 6.54 Å². The van der Waals surface area contributed by atoms with E-state index in [2.05, 4.69) is 27.6 Å². The van der Waals surface area contributed by atoms with Gasteiger partial charge in [0.2, 0.25) is 0 Å². The highest BCUT2D eigenvalue weighted by atomic mass is 19.4. The lowest BCUT2D eigenvalue weighted by Gasteiger charge is -2.11. The Morgan fingerprint density at radius 1 is 1.33 bits per heavy atom. The highest BCUT2D eigenvalue weighted by Gasteiger charge is 2.36. The molecule has 0 atom stereocenters. The number of aromatic nitrogens is 2. The molecule has 1 aromatic rings. The second-order valence-corrected chi connectivity index (χ2v) is 4.65. The van der Waals surface area contributed by atoms with E-state index in [1.54, 1.807) is 0 Å². The molecule has 5 nitrogen and oxygen atoms in total. The zero-order valence-electron chi connectivity index (χ0n) is 12.6. The van der Waals surface area contributed by atoms with E-state index in [9.17, 15) is 13.2 Å². The van der Waals surface area contributed by atoms with Gasteiger partial charge in [-0.2, -0.15) is 18.3 Å². The van der Waals surface area contributed by atoms with Gasteiger partial charge < -0.3 is 10.6 Å². The van der Waals surface area contributed by atoms with Crippen molar-refractivity contribution in [3.8, 4) is 0 Å². The summed E-state index contributed by atoms with van der Waals surface area (Å²) < 4.78 is 39.6. The highest BCUT2D eigenvalue weighted by Crippen LogP contribution is 2.30. The lowest BCUT2D eigenvalue weighted by Crippen LogP contribution is -2.37. The Balaban J connectivity index is 2.80. The van der Waals surface area contributed by atoms with Crippen LogP contribution >= 0.6 is 0 Å². The van der Waals surface area contributed by atoms with E-state index >= 15 is 0 Å². The predicted octanol–water partition coefficient (Wildman–Crippen LogP) is 2.29. The third-order valence-electron chi connectivity index (χ3n) is 2.75. The maximum absolute atomic E-state index is 12.8. The number of alkyl halides is 3. The average Bonchev–Trinajstić information content (AvgIpc) is 2.77. The van der Waals surface area contributed by atoms with E-state index in [0.29, 0.717) is 12.5 Å². The van der Waals surface area contributed by atoms with E-state index in [1.807, 2.05) is 6.92 Å². The van der Waals surface area contributed by atoms with Gasteiger partial charge in [0, 0.05) is 31.9 Å². The van der Waals surface area contributed by atoms with Crippen molar-refractivity contribution in [3.63, 3.8) is 0 Å². The molecule has 0 amide bonds. The maximum Gasteiger partial charge on any atom is 0.435 e. The van der Waals surface area contributed by atoms with Gasteiger partial charge in [-0.3, -0.25) is 4.68 Å². The molecule has 0 saturated heterocycles. The van der Waals surface area contributed by atoms with Gasteiger partial charge in [0.15, 0.2) is 11.7 Å². The Kier molecular flexibility index (Phi) is 6.51. The molecule has 1 heterocycles. The number of nitrogens with one attached hydrogen (secondary N) is 2. The molecule has 1 rings (SSSR count). The largest absolute Gasteiger partial charge is 0.435 e. The van der Waals surface area contributed by atoms with Crippen LogP contribution in [-0.4, -0.2) is 28.8 Å². The Bertz CT molecular complexity index is 465. The van der Waals surface area contributed by atoms with Crippen LogP contribution < -0.4 is 10.6 Å². The Hall–Kier alpha value is -1.73. The number of aliphatic imine (C=N–C) groups is 1. The van der Waals surface area contributed by atoms with Gasteiger partial charge in [-0.05, 0) is 13.3 Å². The van der Waals surface area contributed by atoms with Crippen LogP contribution in [0.3, 0.4) is 0 Å². The second-order valence-electron chi connectivity index (χ2n) is 4.65. The van der Waals surface area contributed by atoms with Crippen molar-refractivity contribution in [2.45, 2.75) is 39.4 Å². The van der Waals surface area contributed by atoms with E-state index in [-0.39, 0.29) is 12.1 Å². The summed E-state index contributed by atoms with van der Waals surface area (Å²) in [5.41, 5.74) is -0.809. The van der Waals surface area contributed by atoms with Crippen LogP contribution in [0.15, 0.2) is 11.2 Å². The standard InChI is InChI=1S/C13H22F3N5/c1-4-6-7-18-12(17-5-2)19-8-10-9-21(3)20-11(10)13(14,15)16/h9H,4-8H2,1-3H3,(H2,17,18,19). The van der Waals surface area contributed by atoms with Gasteiger partial charge in [-0.1, -0.05) is 13.3 Å². The predicted molar refractivity (Wildman–Crippen MR) is 75.9 cm³/mol. The van der Waals surface area contributed by atoms with Crippen LogP contribution in [0.2, 0.25) is 0 Å². The zero-order valence-corrected chi connectivity index (χ0v) is 12.6. The minimum Gasteiger partial charge on any atom is -0.357 e. The molecule has 0 saturated carbocycles. The first-order chi connectivity index (χ1) is 9.88. The Morgan fingerprint density at radius 3 is 2.62 bits per heavy atom. The SMILES string of the molecule is CCCCNC(=NCc1cn(C)nc1C(F)(F)F)NCC. The molecule has 0 aliphatic rings. The van der Waals surface area contributed by atoms with Crippen LogP contribution in [0.25, 0.3) is 0 Å². The fraction of sp³-hybridized carbons (Fsp3) is 0.692. The minimum atomic E-state index is -4.46. The minimum absolute atomic E-state index is 0.0653. The van der Waals surface area contributed by atoms with E-state index in [4.69, 9.17) is 0 Å². The molecule has 0 unspecified atom stereocenters. The molecule has 0 bridgehead atoms. The van der Waals surface area contributed by atoms with Crippen molar-refractivity contribution in [2.75, 3.05) is 13.1 Å². The van der Waals surface area contributed by atoms with Gasteiger partial charge in [0.1, 0.15) is 0 Å². The fourth-order valence-electron chi connectivity index (χ4n) is 1.78. The van der Waals surface area contributed by atoms with Crippen LogP contribution in [0.1, 0.15) is 37.9 Å². The van der Waals surface area contributed by atoms with Crippen molar-refractivity contribution in [1.29, 1.82) is 0 Å². The highest BCUT2D eigenvalue weighted by molar-refractivity contribution is 5.79. The summed E-state index contributed by atoms with van der Waals surface area (Å²) in [6.07, 6.45) is -1.10. The number of hydrogen-bond donors (Lipinski definition) is 2. The van der Waals surface area contributed by atoms with Gasteiger partial charge in [-0.15, -0.1) is 0 Å². The molecule has 0 radical (unpaired) electrons. The number of hydrogen-bond acceptors (Lipinski definition) is 2. The first kappa shape index (κ1) is 17.3. The van der Waals surface area contributed by atoms with Crippen molar-refractivity contribution >= 4 is 5.96 Å². The molecule has 2 N–H and O–H groups in total. The van der Waals surface area contributed by atoms with Crippen molar-refractivity contribution in [1.82, 2.24) is 20.4 Å². The normalized spacial score (nSPS) is 12.6. The number of nitrogens with zero attached hydrogens (tertiary/aromatic N) is 3. The lowest BCUT2D eigenvalue weighted by atomic mass is 10.2. The van der Waals surface area contributed by atoms with Crippen molar-refractivity contribution < 1.29 is 13.2 Å². The molecule has 120 valence electrons. The van der Waals surface area contributed by atoms with Crippen LogP contribution in [0.4, 0.5) is 13.2 Å². The van der Waals surface area contributed by atoms with E-state index in [0.717, 1.165) is 24.1 Å². The third-order valence-corrected chi connectivity index (χ3v) is 2.75. The molecule has 0 spiro atoms. The number of rotatable bonds is 6. The quantitative estimate of drug-likeness (QED) is 0.482. The smallest absolute Gasteiger partial charge is 0.357 e. The first-order valence-corrected chi connectivity index (χ1v) is 7.00. The van der Waals surface area contributed by atoms with E-state index < -0.39 is 11.9 Å². The third kappa shape index (κ3) is 5.65. The van der Waals surface area contributed by atoms with Crippen LogP contribution in [0.5, 0.6) is 0 Å². The van der Waals surface area contributed by atoms with Crippen molar-refractivity contribution in [2.24, 2.45) is 12.0 Å². The lowest BCUT2D eigenvalue weighted by molar-refractivity contribution is -0.142. The maximum atomic E-state index is 12.8. The molecular weight excluding hydrogens is 283 g/mol. The summed E-state index contributed by atoms with van der Waals surface area (Å²) in [6, 6.07) is 0. The molecular formula is C13H22F3N5. The molecule has 8 heteroatoms. The van der Waals surface area contributed by atoms with Gasteiger partial charge in [-0.25, -0.2) is 4.99 Å².